The summed E-state index contributed by atoms with van der Waals surface area (Å²) in [6.07, 6.45) is 0.922. The Morgan fingerprint density at radius 1 is 1.12 bits per heavy atom. The zero-order chi connectivity index (χ0) is 16.8. The van der Waals surface area contributed by atoms with Crippen molar-refractivity contribution in [1.29, 1.82) is 0 Å². The van der Waals surface area contributed by atoms with Gasteiger partial charge in [-0.2, -0.15) is 0 Å². The van der Waals surface area contributed by atoms with E-state index in [1.807, 2.05) is 30.3 Å². The van der Waals surface area contributed by atoms with Crippen molar-refractivity contribution in [3.05, 3.63) is 54.5 Å². The van der Waals surface area contributed by atoms with E-state index in [0.717, 1.165) is 13.1 Å². The van der Waals surface area contributed by atoms with Crippen LogP contribution in [-0.2, 0) is 4.79 Å². The first-order valence-corrected chi connectivity index (χ1v) is 8.12. The molecule has 1 atom stereocenters. The molecule has 1 N–H and O–H groups in total. The molecule has 1 aromatic heterocycles. The molecule has 3 rings (SSSR count). The molecule has 0 aliphatic carbocycles. The number of piperazine rings is 1. The average molecular weight is 330 g/mol. The second-order valence-electron chi connectivity index (χ2n) is 5.81. The molecule has 2 aromatic rings. The summed E-state index contributed by atoms with van der Waals surface area (Å²) in [6, 6.07) is 12.9. The normalized spacial score (nSPS) is 16.8. The van der Waals surface area contributed by atoms with Crippen LogP contribution in [0, 0.1) is 0 Å². The minimum Gasteiger partial charge on any atom is -0.484 e. The minimum atomic E-state index is -0.635. The summed E-state index contributed by atoms with van der Waals surface area (Å²) in [7, 11) is 0. The maximum absolute atomic E-state index is 12.2. The molecular formula is C18H22N2O4. The van der Waals surface area contributed by atoms with Gasteiger partial charge in [0.05, 0.1) is 6.26 Å². The number of ether oxygens (including phenoxy) is 1. The Hall–Kier alpha value is -2.31. The Bertz CT molecular complexity index is 622. The van der Waals surface area contributed by atoms with Crippen LogP contribution in [0.3, 0.4) is 0 Å². The fraction of sp³-hybridized carbons (Fsp3) is 0.389. The average Bonchev–Trinajstić information content (AvgIpc) is 3.16. The molecule has 0 radical (unpaired) electrons. The number of rotatable bonds is 6. The highest BCUT2D eigenvalue weighted by atomic mass is 16.5. The van der Waals surface area contributed by atoms with Gasteiger partial charge in [-0.15, -0.1) is 0 Å². The van der Waals surface area contributed by atoms with Gasteiger partial charge in [-0.05, 0) is 24.3 Å². The number of aliphatic hydroxyl groups excluding tert-OH is 1. The summed E-state index contributed by atoms with van der Waals surface area (Å²) in [5.41, 5.74) is 0. The Kier molecular flexibility index (Phi) is 5.51. The van der Waals surface area contributed by atoms with E-state index in [1.165, 1.54) is 0 Å². The number of para-hydroxylation sites is 1. The van der Waals surface area contributed by atoms with Crippen molar-refractivity contribution in [3.63, 3.8) is 0 Å². The number of benzene rings is 1. The Balaban J connectivity index is 1.40. The Morgan fingerprint density at radius 2 is 1.88 bits per heavy atom. The van der Waals surface area contributed by atoms with E-state index in [9.17, 15) is 9.90 Å². The molecule has 6 nitrogen and oxygen atoms in total. The first-order chi connectivity index (χ1) is 11.7. The van der Waals surface area contributed by atoms with Crippen LogP contribution in [0.15, 0.2) is 53.1 Å². The zero-order valence-corrected chi connectivity index (χ0v) is 13.5. The molecule has 1 fully saturated rings. The lowest BCUT2D eigenvalue weighted by atomic mass is 10.2. The number of β-amino-alcohol motifs (C(OH)–C–C–N with tert-alkyl or cyclic N) is 1. The van der Waals surface area contributed by atoms with E-state index >= 15 is 0 Å². The van der Waals surface area contributed by atoms with Gasteiger partial charge in [0.25, 0.3) is 5.91 Å². The highest BCUT2D eigenvalue weighted by molar-refractivity contribution is 5.77. The lowest BCUT2D eigenvalue weighted by Gasteiger charge is -2.35. The van der Waals surface area contributed by atoms with Crippen LogP contribution >= 0.6 is 0 Å². The number of amides is 1. The minimum absolute atomic E-state index is 0.00918. The second-order valence-corrected chi connectivity index (χ2v) is 5.81. The summed E-state index contributed by atoms with van der Waals surface area (Å²) in [5.74, 6) is 1.26. The molecule has 1 saturated heterocycles. The van der Waals surface area contributed by atoms with Gasteiger partial charge in [-0.25, -0.2) is 0 Å². The van der Waals surface area contributed by atoms with Crippen LogP contribution in [0.5, 0.6) is 5.75 Å². The van der Waals surface area contributed by atoms with Gasteiger partial charge in [-0.1, -0.05) is 18.2 Å². The smallest absolute Gasteiger partial charge is 0.260 e. The number of aliphatic hydroxyl groups is 1. The van der Waals surface area contributed by atoms with Crippen molar-refractivity contribution in [2.45, 2.75) is 6.10 Å². The second kappa shape index (κ2) is 7.99. The van der Waals surface area contributed by atoms with Gasteiger partial charge in [0, 0.05) is 32.7 Å². The van der Waals surface area contributed by atoms with Gasteiger partial charge < -0.3 is 19.2 Å². The number of hydrogen-bond acceptors (Lipinski definition) is 5. The van der Waals surface area contributed by atoms with Crippen molar-refractivity contribution in [2.24, 2.45) is 0 Å². The Morgan fingerprint density at radius 3 is 2.54 bits per heavy atom. The molecule has 1 aliphatic heterocycles. The molecule has 6 heteroatoms. The quantitative estimate of drug-likeness (QED) is 0.870. The fourth-order valence-electron chi connectivity index (χ4n) is 2.75. The molecule has 24 heavy (non-hydrogen) atoms. The van der Waals surface area contributed by atoms with E-state index in [4.69, 9.17) is 9.15 Å². The van der Waals surface area contributed by atoms with Crippen LogP contribution in [0.2, 0.25) is 0 Å². The third-order valence-corrected chi connectivity index (χ3v) is 4.13. The van der Waals surface area contributed by atoms with Crippen LogP contribution in [-0.4, -0.2) is 60.1 Å². The lowest BCUT2D eigenvalue weighted by molar-refractivity contribution is -0.135. The van der Waals surface area contributed by atoms with Crippen LogP contribution in [0.1, 0.15) is 11.9 Å². The number of furan rings is 1. The maximum atomic E-state index is 12.2. The fourth-order valence-corrected chi connectivity index (χ4v) is 2.75. The highest BCUT2D eigenvalue weighted by Crippen LogP contribution is 2.16. The molecule has 128 valence electrons. The molecule has 1 aromatic carbocycles. The van der Waals surface area contributed by atoms with Gasteiger partial charge >= 0.3 is 0 Å². The van der Waals surface area contributed by atoms with E-state index in [0.29, 0.717) is 31.1 Å². The highest BCUT2D eigenvalue weighted by Gasteiger charge is 2.23. The van der Waals surface area contributed by atoms with Crippen molar-refractivity contribution in [2.75, 3.05) is 39.3 Å². The lowest BCUT2D eigenvalue weighted by Crippen LogP contribution is -2.50. The Labute approximate surface area is 141 Å². The van der Waals surface area contributed by atoms with Crippen molar-refractivity contribution < 1.29 is 19.1 Å². The first-order valence-electron chi connectivity index (χ1n) is 8.12. The van der Waals surface area contributed by atoms with E-state index in [1.54, 1.807) is 23.3 Å². The summed E-state index contributed by atoms with van der Waals surface area (Å²) >= 11 is 0. The number of nitrogens with zero attached hydrogens (tertiary/aromatic N) is 2. The molecule has 0 saturated carbocycles. The molecular weight excluding hydrogens is 308 g/mol. The summed E-state index contributed by atoms with van der Waals surface area (Å²) in [4.78, 5) is 16.1. The van der Waals surface area contributed by atoms with Crippen LogP contribution < -0.4 is 4.74 Å². The van der Waals surface area contributed by atoms with Crippen molar-refractivity contribution in [1.82, 2.24) is 9.80 Å². The number of carbonyl (C=O) groups excluding carboxylic acids is 1. The zero-order valence-electron chi connectivity index (χ0n) is 13.5. The monoisotopic (exact) mass is 330 g/mol. The molecule has 0 bridgehead atoms. The predicted molar refractivity (Wildman–Crippen MR) is 88.6 cm³/mol. The van der Waals surface area contributed by atoms with E-state index < -0.39 is 6.10 Å². The molecule has 1 aliphatic rings. The van der Waals surface area contributed by atoms with Crippen molar-refractivity contribution in [3.8, 4) is 5.75 Å². The topological polar surface area (TPSA) is 66.2 Å². The van der Waals surface area contributed by atoms with Gasteiger partial charge in [0.1, 0.15) is 17.6 Å². The number of hydrogen-bond donors (Lipinski definition) is 1. The van der Waals surface area contributed by atoms with E-state index in [-0.39, 0.29) is 12.5 Å². The third-order valence-electron chi connectivity index (χ3n) is 4.13. The molecule has 0 spiro atoms. The van der Waals surface area contributed by atoms with Crippen molar-refractivity contribution >= 4 is 5.91 Å². The first kappa shape index (κ1) is 16.5. The summed E-state index contributed by atoms with van der Waals surface area (Å²) in [6.45, 7) is 3.31. The summed E-state index contributed by atoms with van der Waals surface area (Å²) in [5, 5.41) is 10.1. The molecule has 1 amide bonds. The standard InChI is InChI=1S/C18H22N2O4/c21-16(17-7-4-12-23-17)13-19-8-10-20(11-9-19)18(22)14-24-15-5-2-1-3-6-15/h1-7,12,16,21H,8-11,13-14H2/t16-/m0/s1. The predicted octanol–water partition coefficient (Wildman–Crippen LogP) is 1.54. The van der Waals surface area contributed by atoms with Gasteiger partial charge in [0.15, 0.2) is 6.61 Å². The molecule has 0 unspecified atom stereocenters. The van der Waals surface area contributed by atoms with E-state index in [2.05, 4.69) is 4.90 Å². The van der Waals surface area contributed by atoms with Gasteiger partial charge in [-0.3, -0.25) is 9.69 Å². The van der Waals surface area contributed by atoms with Crippen LogP contribution in [0.4, 0.5) is 0 Å². The third kappa shape index (κ3) is 4.37. The largest absolute Gasteiger partial charge is 0.484 e. The number of carbonyl (C=O) groups is 1. The van der Waals surface area contributed by atoms with Crippen LogP contribution in [0.25, 0.3) is 0 Å². The SMILES string of the molecule is O=C(COc1ccccc1)N1CCN(C[C@H](O)c2ccco2)CC1. The maximum Gasteiger partial charge on any atom is 0.260 e. The van der Waals surface area contributed by atoms with Gasteiger partial charge in [0.2, 0.25) is 0 Å². The molecule has 2 heterocycles. The summed E-state index contributed by atoms with van der Waals surface area (Å²) < 4.78 is 10.7.